The lowest BCUT2D eigenvalue weighted by atomic mass is 10.1. The molecule has 1 fully saturated rings. The normalized spacial score (nSPS) is 14.7. The number of anilines is 1. The fourth-order valence-corrected chi connectivity index (χ4v) is 5.70. The van der Waals surface area contributed by atoms with Gasteiger partial charge < -0.3 is 15.0 Å². The van der Waals surface area contributed by atoms with E-state index in [0.717, 1.165) is 37.5 Å². The van der Waals surface area contributed by atoms with Crippen LogP contribution in [0.3, 0.4) is 0 Å². The van der Waals surface area contributed by atoms with E-state index in [2.05, 4.69) is 5.32 Å². The summed E-state index contributed by atoms with van der Waals surface area (Å²) < 4.78 is 31.4. The van der Waals surface area contributed by atoms with E-state index in [4.69, 9.17) is 16.3 Å². The number of benzene rings is 2. The lowest BCUT2D eigenvalue weighted by molar-refractivity contribution is -0.140. The molecule has 2 aromatic carbocycles. The highest BCUT2D eigenvalue weighted by Crippen LogP contribution is 2.24. The lowest BCUT2D eigenvalue weighted by Crippen LogP contribution is -2.49. The molecule has 0 aromatic heterocycles. The van der Waals surface area contributed by atoms with Crippen LogP contribution in [0.25, 0.3) is 0 Å². The van der Waals surface area contributed by atoms with Crippen molar-refractivity contribution in [2.24, 2.45) is 0 Å². The standard InChI is InChI=1S/C27H36ClN3O5S/c1-20(27(33)29-22-10-5-6-11-22)30(19-21-9-4-7-12-25(21)28)26(32)13-8-18-31(37(3,34)35)23-14-16-24(36-2)17-15-23/h4,7,9,12,14-17,20,22H,5-6,8,10-11,13,18-19H2,1-3H3,(H,29,33)/t20-/m1/s1. The Hall–Kier alpha value is -2.78. The summed E-state index contributed by atoms with van der Waals surface area (Å²) in [5.74, 6) is 0.188. The van der Waals surface area contributed by atoms with Crippen molar-refractivity contribution in [1.82, 2.24) is 10.2 Å². The number of hydrogen-bond acceptors (Lipinski definition) is 5. The summed E-state index contributed by atoms with van der Waals surface area (Å²) in [6, 6.07) is 13.4. The Morgan fingerprint density at radius 2 is 1.76 bits per heavy atom. The van der Waals surface area contributed by atoms with Gasteiger partial charge in [0.1, 0.15) is 11.8 Å². The van der Waals surface area contributed by atoms with Crippen molar-refractivity contribution >= 4 is 39.1 Å². The van der Waals surface area contributed by atoms with Gasteiger partial charge in [0, 0.05) is 30.6 Å². The van der Waals surface area contributed by atoms with Crippen molar-refractivity contribution in [3.8, 4) is 5.75 Å². The van der Waals surface area contributed by atoms with Crippen molar-refractivity contribution in [3.05, 3.63) is 59.1 Å². The van der Waals surface area contributed by atoms with Gasteiger partial charge in [0.15, 0.2) is 0 Å². The molecule has 8 nitrogen and oxygen atoms in total. The quantitative estimate of drug-likeness (QED) is 0.424. The van der Waals surface area contributed by atoms with Crippen LogP contribution in [0.2, 0.25) is 5.02 Å². The SMILES string of the molecule is COc1ccc(N(CCCC(=O)N(Cc2ccccc2Cl)[C@H](C)C(=O)NC2CCCC2)S(C)(=O)=O)cc1. The maximum Gasteiger partial charge on any atom is 0.242 e. The molecule has 0 aliphatic heterocycles. The molecule has 10 heteroatoms. The van der Waals surface area contributed by atoms with E-state index in [0.29, 0.717) is 16.5 Å². The number of hydrogen-bond donors (Lipinski definition) is 1. The van der Waals surface area contributed by atoms with Gasteiger partial charge in [0.25, 0.3) is 0 Å². The van der Waals surface area contributed by atoms with Crippen LogP contribution in [0, 0.1) is 0 Å². The third kappa shape index (κ3) is 8.10. The largest absolute Gasteiger partial charge is 0.497 e. The first-order chi connectivity index (χ1) is 17.6. The molecule has 1 aliphatic carbocycles. The number of nitrogens with zero attached hydrogens (tertiary/aromatic N) is 2. The molecule has 2 aromatic rings. The average molecular weight is 550 g/mol. The molecular weight excluding hydrogens is 514 g/mol. The van der Waals surface area contributed by atoms with E-state index in [9.17, 15) is 18.0 Å². The highest BCUT2D eigenvalue weighted by atomic mass is 35.5. The maximum atomic E-state index is 13.4. The first-order valence-corrected chi connectivity index (χ1v) is 14.8. The zero-order valence-electron chi connectivity index (χ0n) is 21.7. The number of rotatable bonds is 12. The van der Waals surface area contributed by atoms with Crippen LogP contribution in [-0.4, -0.2) is 57.1 Å². The first kappa shape index (κ1) is 28.8. The second kappa shape index (κ2) is 13.1. The van der Waals surface area contributed by atoms with Crippen LogP contribution in [0.1, 0.15) is 51.0 Å². The molecule has 0 saturated heterocycles. The summed E-state index contributed by atoms with van der Waals surface area (Å²) in [6.45, 7) is 2.03. The first-order valence-electron chi connectivity index (χ1n) is 12.5. The van der Waals surface area contributed by atoms with E-state index in [1.807, 2.05) is 18.2 Å². The Bertz CT molecular complexity index is 1170. The van der Waals surface area contributed by atoms with E-state index >= 15 is 0 Å². The Balaban J connectivity index is 1.72. The van der Waals surface area contributed by atoms with Crippen LogP contribution in [0.4, 0.5) is 5.69 Å². The van der Waals surface area contributed by atoms with Gasteiger partial charge in [-0.3, -0.25) is 13.9 Å². The van der Waals surface area contributed by atoms with Crippen LogP contribution >= 0.6 is 11.6 Å². The summed E-state index contributed by atoms with van der Waals surface area (Å²) in [6.07, 6.45) is 5.58. The van der Waals surface area contributed by atoms with Gasteiger partial charge in [-0.1, -0.05) is 42.6 Å². The van der Waals surface area contributed by atoms with E-state index in [1.54, 1.807) is 44.4 Å². The number of carbonyl (C=O) groups is 2. The molecule has 3 rings (SSSR count). The minimum absolute atomic E-state index is 0.0771. The molecule has 37 heavy (non-hydrogen) atoms. The summed E-state index contributed by atoms with van der Waals surface area (Å²) in [5, 5.41) is 3.60. The van der Waals surface area contributed by atoms with Crippen molar-refractivity contribution in [1.29, 1.82) is 0 Å². The van der Waals surface area contributed by atoms with Crippen molar-refractivity contribution in [3.63, 3.8) is 0 Å². The molecule has 0 heterocycles. The van der Waals surface area contributed by atoms with Crippen LogP contribution in [-0.2, 0) is 26.2 Å². The number of carbonyl (C=O) groups excluding carboxylic acids is 2. The highest BCUT2D eigenvalue weighted by Gasteiger charge is 2.29. The summed E-state index contributed by atoms with van der Waals surface area (Å²) in [5.41, 5.74) is 1.24. The fraction of sp³-hybridized carbons (Fsp3) is 0.481. The predicted octanol–water partition coefficient (Wildman–Crippen LogP) is 4.37. The van der Waals surface area contributed by atoms with Gasteiger partial charge in [-0.25, -0.2) is 8.42 Å². The van der Waals surface area contributed by atoms with E-state index < -0.39 is 16.1 Å². The molecule has 202 valence electrons. The van der Waals surface area contributed by atoms with Crippen LogP contribution in [0.15, 0.2) is 48.5 Å². The Morgan fingerprint density at radius 3 is 2.35 bits per heavy atom. The van der Waals surface area contributed by atoms with Gasteiger partial charge in [0.2, 0.25) is 21.8 Å². The summed E-state index contributed by atoms with van der Waals surface area (Å²) >= 11 is 6.36. The monoisotopic (exact) mass is 549 g/mol. The minimum atomic E-state index is -3.57. The molecule has 0 radical (unpaired) electrons. The molecular formula is C27H36ClN3O5S. The topological polar surface area (TPSA) is 96.0 Å². The van der Waals surface area contributed by atoms with Gasteiger partial charge in [-0.15, -0.1) is 0 Å². The molecule has 0 spiro atoms. The Labute approximate surface area is 225 Å². The smallest absolute Gasteiger partial charge is 0.242 e. The average Bonchev–Trinajstić information content (AvgIpc) is 3.38. The zero-order valence-corrected chi connectivity index (χ0v) is 23.2. The second-order valence-electron chi connectivity index (χ2n) is 9.42. The van der Waals surface area contributed by atoms with Gasteiger partial charge in [-0.05, 0) is 62.1 Å². The summed E-state index contributed by atoms with van der Waals surface area (Å²) in [7, 11) is -2.03. The molecule has 0 bridgehead atoms. The Kier molecular flexibility index (Phi) is 10.2. The molecule has 1 N–H and O–H groups in total. The number of halogens is 1. The summed E-state index contributed by atoms with van der Waals surface area (Å²) in [4.78, 5) is 28.0. The second-order valence-corrected chi connectivity index (χ2v) is 11.7. The molecule has 0 unspecified atom stereocenters. The Morgan fingerprint density at radius 1 is 1.11 bits per heavy atom. The maximum absolute atomic E-state index is 13.4. The zero-order chi connectivity index (χ0) is 27.0. The molecule has 1 aliphatic rings. The van der Waals surface area contributed by atoms with Gasteiger partial charge in [0.05, 0.1) is 19.1 Å². The molecule has 1 saturated carbocycles. The number of nitrogens with one attached hydrogen (secondary N) is 1. The lowest BCUT2D eigenvalue weighted by Gasteiger charge is -2.30. The highest BCUT2D eigenvalue weighted by molar-refractivity contribution is 7.92. The van der Waals surface area contributed by atoms with Crippen molar-refractivity contribution < 1.29 is 22.7 Å². The number of sulfonamides is 1. The molecule has 2 amide bonds. The fourth-order valence-electron chi connectivity index (χ4n) is 4.54. The van der Waals surface area contributed by atoms with E-state index in [-0.39, 0.29) is 43.8 Å². The van der Waals surface area contributed by atoms with Crippen molar-refractivity contribution in [2.75, 3.05) is 24.2 Å². The van der Waals surface area contributed by atoms with Crippen molar-refractivity contribution in [2.45, 2.75) is 64.1 Å². The van der Waals surface area contributed by atoms with Gasteiger partial charge >= 0.3 is 0 Å². The minimum Gasteiger partial charge on any atom is -0.497 e. The predicted molar refractivity (Wildman–Crippen MR) is 146 cm³/mol. The number of amides is 2. The number of methoxy groups -OCH3 is 1. The van der Waals surface area contributed by atoms with Crippen LogP contribution in [0.5, 0.6) is 5.75 Å². The number of ether oxygens (including phenoxy) is 1. The van der Waals surface area contributed by atoms with E-state index in [1.165, 1.54) is 9.21 Å². The van der Waals surface area contributed by atoms with Gasteiger partial charge in [-0.2, -0.15) is 0 Å². The van der Waals surface area contributed by atoms with Crippen LogP contribution < -0.4 is 14.4 Å². The third-order valence-electron chi connectivity index (χ3n) is 6.68. The molecule has 1 atom stereocenters. The third-order valence-corrected chi connectivity index (χ3v) is 8.24.